The van der Waals surface area contributed by atoms with Crippen LogP contribution in [-0.4, -0.2) is 23.9 Å². The Hall–Kier alpha value is -0.670. The minimum Gasteiger partial charge on any atom is -0.481 e. The highest BCUT2D eigenvalue weighted by atomic mass is 19.2. The van der Waals surface area contributed by atoms with Gasteiger partial charge in [-0.25, -0.2) is 8.78 Å². The molecule has 0 saturated carbocycles. The molecule has 0 heterocycles. The zero-order chi connectivity index (χ0) is 7.28. The highest BCUT2D eigenvalue weighted by Crippen LogP contribution is 2.01. The molecule has 0 spiro atoms. The van der Waals surface area contributed by atoms with Crippen molar-refractivity contribution in [3.05, 3.63) is 0 Å². The molecule has 0 unspecified atom stereocenters. The molecular weight excluding hydrogens is 130 g/mol. The Morgan fingerprint density at radius 3 is 2.56 bits per heavy atom. The Morgan fingerprint density at radius 2 is 2.22 bits per heavy atom. The normalized spacial score (nSPS) is 13.1. The monoisotopic (exact) mass is 138 g/mol. The summed E-state index contributed by atoms with van der Waals surface area (Å²) in [5, 5.41) is 7.97. The maximum atomic E-state index is 11.9. The Morgan fingerprint density at radius 1 is 1.67 bits per heavy atom. The second kappa shape index (κ2) is 4.23. The predicted molar refractivity (Wildman–Crippen MR) is 27.7 cm³/mol. The van der Waals surface area contributed by atoms with Crippen molar-refractivity contribution < 1.29 is 18.7 Å². The molecule has 0 aliphatic heterocycles. The summed E-state index contributed by atoms with van der Waals surface area (Å²) in [6.07, 6.45) is -2.14. The van der Waals surface area contributed by atoms with E-state index in [0.717, 1.165) is 0 Å². The number of hydrogen-bond donors (Lipinski definition) is 1. The van der Waals surface area contributed by atoms with Crippen molar-refractivity contribution in [2.24, 2.45) is 0 Å². The molecule has 0 aromatic rings. The molecule has 1 atom stereocenters. The van der Waals surface area contributed by atoms with Crippen LogP contribution in [0.15, 0.2) is 0 Å². The SMILES string of the molecule is O=C(O)CC[C@@H](F)CF. The third kappa shape index (κ3) is 5.20. The number of rotatable bonds is 4. The first-order chi connectivity index (χ1) is 4.16. The van der Waals surface area contributed by atoms with E-state index in [-0.39, 0.29) is 12.8 Å². The average Bonchev–Trinajstić information content (AvgIpc) is 1.83. The summed E-state index contributed by atoms with van der Waals surface area (Å²) in [5.41, 5.74) is 0. The summed E-state index contributed by atoms with van der Waals surface area (Å²) in [5.74, 6) is -1.09. The number of carbonyl (C=O) groups is 1. The van der Waals surface area contributed by atoms with Gasteiger partial charge in [-0.2, -0.15) is 0 Å². The Balaban J connectivity index is 3.16. The van der Waals surface area contributed by atoms with Crippen LogP contribution in [0, 0.1) is 0 Å². The van der Waals surface area contributed by atoms with E-state index in [0.29, 0.717) is 0 Å². The molecular formula is C5H8F2O2. The predicted octanol–water partition coefficient (Wildman–Crippen LogP) is 1.16. The van der Waals surface area contributed by atoms with E-state index in [4.69, 9.17) is 5.11 Å². The molecule has 0 aliphatic carbocycles. The number of aliphatic carboxylic acids is 1. The van der Waals surface area contributed by atoms with Gasteiger partial charge in [0.2, 0.25) is 0 Å². The lowest BCUT2D eigenvalue weighted by atomic mass is 10.2. The lowest BCUT2D eigenvalue weighted by Crippen LogP contribution is -2.05. The van der Waals surface area contributed by atoms with Crippen molar-refractivity contribution in [1.82, 2.24) is 0 Å². The van der Waals surface area contributed by atoms with Crippen molar-refractivity contribution in [3.63, 3.8) is 0 Å². The first kappa shape index (κ1) is 8.33. The number of carboxylic acid groups (broad SMARTS) is 1. The highest BCUT2D eigenvalue weighted by molar-refractivity contribution is 5.66. The van der Waals surface area contributed by atoms with Crippen molar-refractivity contribution >= 4 is 5.97 Å². The molecule has 0 fully saturated rings. The minimum absolute atomic E-state index is 0.230. The Kier molecular flexibility index (Phi) is 3.92. The van der Waals surface area contributed by atoms with Crippen molar-refractivity contribution in [1.29, 1.82) is 0 Å². The minimum atomic E-state index is -1.61. The number of alkyl halides is 2. The molecule has 0 aliphatic rings. The van der Waals surface area contributed by atoms with Gasteiger partial charge in [-0.1, -0.05) is 0 Å². The molecule has 0 bridgehead atoms. The van der Waals surface area contributed by atoms with Gasteiger partial charge in [-0.15, -0.1) is 0 Å². The van der Waals surface area contributed by atoms with E-state index < -0.39 is 18.8 Å². The van der Waals surface area contributed by atoms with Gasteiger partial charge >= 0.3 is 5.97 Å². The summed E-state index contributed by atoms with van der Waals surface area (Å²) >= 11 is 0. The van der Waals surface area contributed by atoms with Crippen LogP contribution in [0.4, 0.5) is 8.78 Å². The van der Waals surface area contributed by atoms with Gasteiger partial charge in [0.25, 0.3) is 0 Å². The van der Waals surface area contributed by atoms with Gasteiger partial charge in [0.1, 0.15) is 12.8 Å². The third-order valence-electron chi connectivity index (χ3n) is 0.839. The molecule has 0 radical (unpaired) electrons. The van der Waals surface area contributed by atoms with Crippen LogP contribution in [-0.2, 0) is 4.79 Å². The van der Waals surface area contributed by atoms with Crippen molar-refractivity contribution in [2.45, 2.75) is 19.0 Å². The zero-order valence-electron chi connectivity index (χ0n) is 4.81. The Labute approximate surface area is 51.5 Å². The largest absolute Gasteiger partial charge is 0.481 e. The third-order valence-corrected chi connectivity index (χ3v) is 0.839. The zero-order valence-corrected chi connectivity index (χ0v) is 4.81. The molecule has 54 valence electrons. The lowest BCUT2D eigenvalue weighted by molar-refractivity contribution is -0.137. The standard InChI is InChI=1S/C5H8F2O2/c6-3-4(7)1-2-5(8)9/h4H,1-3H2,(H,8,9)/t4-/m1/s1. The fourth-order valence-corrected chi connectivity index (χ4v) is 0.357. The van der Waals surface area contributed by atoms with Crippen LogP contribution in [0.2, 0.25) is 0 Å². The van der Waals surface area contributed by atoms with Gasteiger partial charge < -0.3 is 5.11 Å². The molecule has 0 aromatic carbocycles. The summed E-state index contributed by atoms with van der Waals surface area (Å²) in [6, 6.07) is 0. The first-order valence-corrected chi connectivity index (χ1v) is 2.58. The number of hydrogen-bond acceptors (Lipinski definition) is 1. The van der Waals surface area contributed by atoms with Crippen molar-refractivity contribution in [3.8, 4) is 0 Å². The maximum Gasteiger partial charge on any atom is 0.303 e. The molecule has 1 N–H and O–H groups in total. The topological polar surface area (TPSA) is 37.3 Å². The Bertz CT molecular complexity index is 95.0. The second-order valence-electron chi connectivity index (χ2n) is 1.68. The number of carboxylic acids is 1. The summed E-state index contributed by atoms with van der Waals surface area (Å²) in [4.78, 5) is 9.73. The quantitative estimate of drug-likeness (QED) is 0.632. The van der Waals surface area contributed by atoms with Crippen LogP contribution < -0.4 is 0 Å². The highest BCUT2D eigenvalue weighted by Gasteiger charge is 2.07. The fraction of sp³-hybridized carbons (Fsp3) is 0.800. The molecule has 0 aromatic heterocycles. The van der Waals surface area contributed by atoms with Crippen molar-refractivity contribution in [2.75, 3.05) is 6.67 Å². The van der Waals surface area contributed by atoms with Gasteiger partial charge in [-0.05, 0) is 6.42 Å². The van der Waals surface area contributed by atoms with Crippen LogP contribution in [0.1, 0.15) is 12.8 Å². The smallest absolute Gasteiger partial charge is 0.303 e. The number of halogens is 2. The second-order valence-corrected chi connectivity index (χ2v) is 1.68. The van der Waals surface area contributed by atoms with Gasteiger partial charge in [-0.3, -0.25) is 4.79 Å². The van der Waals surface area contributed by atoms with Crippen LogP contribution >= 0.6 is 0 Å². The van der Waals surface area contributed by atoms with E-state index in [9.17, 15) is 13.6 Å². The fourth-order valence-electron chi connectivity index (χ4n) is 0.357. The van der Waals surface area contributed by atoms with Gasteiger partial charge in [0.05, 0.1) is 0 Å². The summed E-state index contributed by atoms with van der Waals surface area (Å²) in [6.45, 7) is -1.09. The van der Waals surface area contributed by atoms with Gasteiger partial charge in [0, 0.05) is 6.42 Å². The molecule has 2 nitrogen and oxygen atoms in total. The maximum absolute atomic E-state index is 11.9. The average molecular weight is 138 g/mol. The molecule has 0 saturated heterocycles. The molecule has 0 rings (SSSR count). The summed E-state index contributed by atoms with van der Waals surface area (Å²) in [7, 11) is 0. The van der Waals surface area contributed by atoms with Crippen LogP contribution in [0.3, 0.4) is 0 Å². The van der Waals surface area contributed by atoms with Crippen LogP contribution in [0.25, 0.3) is 0 Å². The van der Waals surface area contributed by atoms with E-state index >= 15 is 0 Å². The van der Waals surface area contributed by atoms with E-state index in [1.807, 2.05) is 0 Å². The lowest BCUT2D eigenvalue weighted by Gasteiger charge is -1.97. The molecule has 0 amide bonds. The first-order valence-electron chi connectivity index (χ1n) is 2.58. The van der Waals surface area contributed by atoms with Crippen LogP contribution in [0.5, 0.6) is 0 Å². The molecule has 9 heavy (non-hydrogen) atoms. The van der Waals surface area contributed by atoms with E-state index in [1.54, 1.807) is 0 Å². The van der Waals surface area contributed by atoms with E-state index in [2.05, 4.69) is 0 Å². The van der Waals surface area contributed by atoms with E-state index in [1.165, 1.54) is 0 Å². The van der Waals surface area contributed by atoms with Gasteiger partial charge in [0.15, 0.2) is 0 Å². The molecule has 4 heteroatoms. The summed E-state index contributed by atoms with van der Waals surface area (Å²) < 4.78 is 23.1.